The van der Waals surface area contributed by atoms with E-state index in [1.54, 1.807) is 18.2 Å². The molecule has 0 fully saturated rings. The quantitative estimate of drug-likeness (QED) is 0.275. The number of ether oxygens (including phenoxy) is 1. The van der Waals surface area contributed by atoms with Gasteiger partial charge in [-0.3, -0.25) is 4.79 Å². The monoisotopic (exact) mass is 302 g/mol. The van der Waals surface area contributed by atoms with Crippen LogP contribution in [0.15, 0.2) is 30.3 Å². The molecule has 102 valence electrons. The van der Waals surface area contributed by atoms with Gasteiger partial charge in [0.2, 0.25) is 0 Å². The summed E-state index contributed by atoms with van der Waals surface area (Å²) in [7, 11) is 0. The summed E-state index contributed by atoms with van der Waals surface area (Å²) in [6.07, 6.45) is 0.149. The van der Waals surface area contributed by atoms with Gasteiger partial charge in [-0.15, -0.1) is 11.6 Å². The van der Waals surface area contributed by atoms with Crippen LogP contribution in [0, 0.1) is 0 Å². The van der Waals surface area contributed by atoms with Crippen LogP contribution in [0.25, 0.3) is 0 Å². The lowest BCUT2D eigenvalue weighted by molar-refractivity contribution is -0.142. The van der Waals surface area contributed by atoms with E-state index < -0.39 is 21.5 Å². The summed E-state index contributed by atoms with van der Waals surface area (Å²) in [6.45, 7) is 2.25. The van der Waals surface area contributed by atoms with Crippen molar-refractivity contribution in [2.45, 2.75) is 23.6 Å². The first-order valence-electron chi connectivity index (χ1n) is 5.38. The third kappa shape index (κ3) is 2.96. The normalized spacial score (nSPS) is 16.8. The summed E-state index contributed by atoms with van der Waals surface area (Å²) in [5.41, 5.74) is 0. The Balaban J connectivity index is 3.03. The summed E-state index contributed by atoms with van der Waals surface area (Å²) in [5, 5.41) is 0. The highest BCUT2D eigenvalue weighted by atomic mass is 35.5. The molecule has 0 saturated carbocycles. The molecular formula is C13H12Cl2O4. The van der Waals surface area contributed by atoms with Gasteiger partial charge in [-0.05, 0) is 26.0 Å². The molecule has 0 N–H and O–H groups in total. The maximum Gasteiger partial charge on any atom is 0.335 e. The third-order valence-corrected chi connectivity index (χ3v) is 3.98. The smallest absolute Gasteiger partial charge is 0.335 e. The van der Waals surface area contributed by atoms with Gasteiger partial charge in [0.25, 0.3) is 0 Å². The fourth-order valence-electron chi connectivity index (χ4n) is 1.36. The van der Waals surface area contributed by atoms with E-state index in [1.165, 1.54) is 19.1 Å². The molecule has 19 heavy (non-hydrogen) atoms. The SMILES string of the molecule is CC(=O)C(Cl)(C=O)C(C)(Cl)C(=O)Oc1ccccc1. The zero-order chi connectivity index (χ0) is 14.7. The lowest BCUT2D eigenvalue weighted by atomic mass is 9.90. The predicted octanol–water partition coefficient (Wildman–Crippen LogP) is 2.36. The topological polar surface area (TPSA) is 60.4 Å². The van der Waals surface area contributed by atoms with Crippen LogP contribution in [-0.2, 0) is 14.4 Å². The second kappa shape index (κ2) is 5.72. The molecule has 0 heterocycles. The van der Waals surface area contributed by atoms with Crippen LogP contribution >= 0.6 is 23.2 Å². The fraction of sp³-hybridized carbons (Fsp3) is 0.308. The van der Waals surface area contributed by atoms with E-state index in [2.05, 4.69) is 0 Å². The van der Waals surface area contributed by atoms with Crippen molar-refractivity contribution < 1.29 is 19.1 Å². The predicted molar refractivity (Wildman–Crippen MR) is 71.7 cm³/mol. The first kappa shape index (κ1) is 15.7. The van der Waals surface area contributed by atoms with Crippen molar-refractivity contribution in [2.75, 3.05) is 0 Å². The highest BCUT2D eigenvalue weighted by molar-refractivity contribution is 6.53. The van der Waals surface area contributed by atoms with Crippen molar-refractivity contribution in [1.29, 1.82) is 0 Å². The van der Waals surface area contributed by atoms with E-state index in [-0.39, 0.29) is 12.0 Å². The van der Waals surface area contributed by atoms with Crippen LogP contribution in [0.5, 0.6) is 5.75 Å². The van der Waals surface area contributed by atoms with Crippen molar-refractivity contribution in [3.05, 3.63) is 30.3 Å². The van der Waals surface area contributed by atoms with E-state index in [0.29, 0.717) is 0 Å². The summed E-state index contributed by atoms with van der Waals surface area (Å²) >= 11 is 11.8. The molecule has 1 aromatic carbocycles. The molecule has 0 aliphatic rings. The number of para-hydroxylation sites is 1. The first-order valence-corrected chi connectivity index (χ1v) is 6.14. The van der Waals surface area contributed by atoms with Crippen LogP contribution in [0.4, 0.5) is 0 Å². The molecule has 6 heteroatoms. The second-order valence-electron chi connectivity index (χ2n) is 4.09. The van der Waals surface area contributed by atoms with Gasteiger partial charge in [0, 0.05) is 0 Å². The van der Waals surface area contributed by atoms with Crippen molar-refractivity contribution in [1.82, 2.24) is 0 Å². The van der Waals surface area contributed by atoms with E-state index in [1.807, 2.05) is 0 Å². The largest absolute Gasteiger partial charge is 0.425 e. The van der Waals surface area contributed by atoms with Crippen molar-refractivity contribution in [3.63, 3.8) is 0 Å². The van der Waals surface area contributed by atoms with Gasteiger partial charge in [-0.1, -0.05) is 29.8 Å². The summed E-state index contributed by atoms with van der Waals surface area (Å²) < 4.78 is 5.01. The van der Waals surface area contributed by atoms with Crippen LogP contribution in [0.1, 0.15) is 13.8 Å². The molecule has 1 rings (SSSR count). The number of carbonyl (C=O) groups excluding carboxylic acids is 3. The highest BCUT2D eigenvalue weighted by Gasteiger charge is 2.56. The van der Waals surface area contributed by atoms with Crippen LogP contribution in [0.2, 0.25) is 0 Å². The van der Waals surface area contributed by atoms with Gasteiger partial charge in [0.05, 0.1) is 0 Å². The molecule has 0 aliphatic heterocycles. The van der Waals surface area contributed by atoms with Gasteiger partial charge in [0.15, 0.2) is 21.8 Å². The van der Waals surface area contributed by atoms with Crippen molar-refractivity contribution >= 4 is 41.2 Å². The number of ketones is 1. The number of aldehydes is 1. The molecule has 2 unspecified atom stereocenters. The lowest BCUT2D eigenvalue weighted by Gasteiger charge is -2.31. The molecule has 4 nitrogen and oxygen atoms in total. The number of carbonyl (C=O) groups is 3. The van der Waals surface area contributed by atoms with Gasteiger partial charge in [-0.2, -0.15) is 0 Å². The molecule has 0 radical (unpaired) electrons. The van der Waals surface area contributed by atoms with Crippen molar-refractivity contribution in [2.24, 2.45) is 0 Å². The summed E-state index contributed by atoms with van der Waals surface area (Å²) in [4.78, 5) is 30.3. The number of Topliss-reactive ketones (excluding diaryl/α,β-unsaturated/α-hetero) is 1. The maximum atomic E-state index is 12.0. The average molecular weight is 303 g/mol. The van der Waals surface area contributed by atoms with Gasteiger partial charge >= 0.3 is 5.97 Å². The zero-order valence-electron chi connectivity index (χ0n) is 10.4. The Bertz CT molecular complexity index is 499. The molecule has 0 bridgehead atoms. The Hall–Kier alpha value is -1.39. The Morgan fingerprint density at radius 2 is 1.74 bits per heavy atom. The molecule has 1 aromatic rings. The minimum absolute atomic E-state index is 0.149. The molecule has 2 atom stereocenters. The van der Waals surface area contributed by atoms with Crippen LogP contribution in [-0.4, -0.2) is 27.8 Å². The number of rotatable bonds is 5. The lowest BCUT2D eigenvalue weighted by Crippen LogP contribution is -2.56. The average Bonchev–Trinajstić information content (AvgIpc) is 2.38. The molecule has 0 aromatic heterocycles. The second-order valence-corrected chi connectivity index (χ2v) is 5.44. The van der Waals surface area contributed by atoms with E-state index in [0.717, 1.165) is 6.92 Å². The number of hydrogen-bond acceptors (Lipinski definition) is 4. The Labute approximate surface area is 120 Å². The number of halogens is 2. The molecule has 0 saturated heterocycles. The van der Waals surface area contributed by atoms with Crippen LogP contribution < -0.4 is 4.74 Å². The van der Waals surface area contributed by atoms with Crippen molar-refractivity contribution in [3.8, 4) is 5.75 Å². The molecule has 0 spiro atoms. The molecular weight excluding hydrogens is 291 g/mol. The van der Waals surface area contributed by atoms with E-state index in [9.17, 15) is 14.4 Å². The number of alkyl halides is 2. The minimum Gasteiger partial charge on any atom is -0.425 e. The van der Waals surface area contributed by atoms with Gasteiger partial charge in [0.1, 0.15) is 5.75 Å². The Morgan fingerprint density at radius 3 is 2.16 bits per heavy atom. The van der Waals surface area contributed by atoms with Gasteiger partial charge in [-0.25, -0.2) is 4.79 Å². The number of esters is 1. The Kier molecular flexibility index (Phi) is 4.71. The number of hydrogen-bond donors (Lipinski definition) is 0. The minimum atomic E-state index is -2.17. The first-order chi connectivity index (χ1) is 8.75. The zero-order valence-corrected chi connectivity index (χ0v) is 11.9. The highest BCUT2D eigenvalue weighted by Crippen LogP contribution is 2.36. The third-order valence-electron chi connectivity index (χ3n) is 2.70. The molecule has 0 aliphatic carbocycles. The number of benzene rings is 1. The van der Waals surface area contributed by atoms with Crippen LogP contribution in [0.3, 0.4) is 0 Å². The van der Waals surface area contributed by atoms with Gasteiger partial charge < -0.3 is 9.53 Å². The molecule has 0 amide bonds. The standard InChI is InChI=1S/C13H12Cl2O4/c1-9(17)13(15,8-16)12(2,14)11(18)19-10-6-4-3-5-7-10/h3-8H,1-2H3. The Morgan fingerprint density at radius 1 is 1.21 bits per heavy atom. The van der Waals surface area contributed by atoms with E-state index >= 15 is 0 Å². The summed E-state index contributed by atoms with van der Waals surface area (Å²) in [5.74, 6) is -1.46. The van der Waals surface area contributed by atoms with E-state index in [4.69, 9.17) is 27.9 Å². The summed E-state index contributed by atoms with van der Waals surface area (Å²) in [6, 6.07) is 8.13. The maximum absolute atomic E-state index is 12.0. The fourth-order valence-corrected chi connectivity index (χ4v) is 1.66.